The lowest BCUT2D eigenvalue weighted by Gasteiger charge is -2.22. The van der Waals surface area contributed by atoms with E-state index in [0.717, 1.165) is 0 Å². The molecule has 0 heterocycles. The van der Waals surface area contributed by atoms with Gasteiger partial charge in [0, 0.05) is 11.3 Å². The predicted molar refractivity (Wildman–Crippen MR) is 145 cm³/mol. The zero-order valence-electron chi connectivity index (χ0n) is 21.7. The fourth-order valence-electron chi connectivity index (χ4n) is 3.61. The van der Waals surface area contributed by atoms with Gasteiger partial charge in [-0.05, 0) is 73.5 Å². The van der Waals surface area contributed by atoms with Gasteiger partial charge in [0.05, 0.1) is 30.5 Å². The lowest BCUT2D eigenvalue weighted by molar-refractivity contribution is -0.118. The number of carbonyl (C=O) groups excluding carboxylic acids is 4. The van der Waals surface area contributed by atoms with Crippen molar-refractivity contribution >= 4 is 35.1 Å². The zero-order valence-corrected chi connectivity index (χ0v) is 21.7. The molecule has 1 atom stereocenters. The molecule has 0 saturated heterocycles. The number of hydrogen-bond acceptors (Lipinski definition) is 6. The summed E-state index contributed by atoms with van der Waals surface area (Å²) in [5.41, 5.74) is 1.76. The highest BCUT2D eigenvalue weighted by molar-refractivity contribution is 6.10. The largest absolute Gasteiger partial charge is 0.497 e. The van der Waals surface area contributed by atoms with E-state index in [0.29, 0.717) is 28.3 Å². The molecule has 0 spiro atoms. The van der Waals surface area contributed by atoms with Gasteiger partial charge < -0.3 is 25.4 Å². The third-order valence-corrected chi connectivity index (χ3v) is 5.67. The first-order valence-corrected chi connectivity index (χ1v) is 12.2. The van der Waals surface area contributed by atoms with Crippen LogP contribution in [0.15, 0.2) is 72.8 Å². The first-order valence-electron chi connectivity index (χ1n) is 12.2. The Bertz CT molecular complexity index is 1290. The second kappa shape index (κ2) is 13.0. The number of carbonyl (C=O) groups is 4. The van der Waals surface area contributed by atoms with Crippen LogP contribution in [-0.4, -0.2) is 43.4 Å². The Hall–Kier alpha value is -4.66. The zero-order chi connectivity index (χ0) is 27.7. The number of methoxy groups -OCH3 is 1. The van der Waals surface area contributed by atoms with Crippen LogP contribution in [0, 0.1) is 5.92 Å². The smallest absolute Gasteiger partial charge is 0.338 e. The standard InChI is InChI=1S/C29H31N3O6/c1-5-38-29(36)20-10-14-21(15-11-20)30-28(35)25(18(2)3)32-27(34)23-8-6-7-9-24(23)31-26(33)19-12-16-22(37-4)17-13-19/h6-18,25H,5H2,1-4H3,(H,30,35)(H,31,33)(H,32,34). The van der Waals surface area contributed by atoms with E-state index < -0.39 is 29.7 Å². The van der Waals surface area contributed by atoms with E-state index in [1.165, 1.54) is 7.11 Å². The van der Waals surface area contributed by atoms with Crippen LogP contribution in [0.5, 0.6) is 5.75 Å². The molecule has 9 nitrogen and oxygen atoms in total. The number of rotatable bonds is 10. The average Bonchev–Trinajstić information content (AvgIpc) is 2.92. The molecule has 9 heteroatoms. The summed E-state index contributed by atoms with van der Waals surface area (Å²) >= 11 is 0. The quantitative estimate of drug-likeness (QED) is 0.340. The van der Waals surface area contributed by atoms with E-state index >= 15 is 0 Å². The Balaban J connectivity index is 1.71. The maximum absolute atomic E-state index is 13.2. The molecule has 3 aromatic carbocycles. The van der Waals surface area contributed by atoms with E-state index in [4.69, 9.17) is 9.47 Å². The highest BCUT2D eigenvalue weighted by atomic mass is 16.5. The van der Waals surface area contributed by atoms with Gasteiger partial charge in [-0.3, -0.25) is 14.4 Å². The summed E-state index contributed by atoms with van der Waals surface area (Å²) in [6.07, 6.45) is 0. The van der Waals surface area contributed by atoms with Crippen molar-refractivity contribution in [2.75, 3.05) is 24.4 Å². The molecule has 198 valence electrons. The third-order valence-electron chi connectivity index (χ3n) is 5.67. The maximum atomic E-state index is 13.2. The Labute approximate surface area is 221 Å². The van der Waals surface area contributed by atoms with Gasteiger partial charge in [0.25, 0.3) is 11.8 Å². The molecule has 3 amide bonds. The van der Waals surface area contributed by atoms with Crippen LogP contribution in [-0.2, 0) is 9.53 Å². The van der Waals surface area contributed by atoms with E-state index in [-0.39, 0.29) is 18.1 Å². The monoisotopic (exact) mass is 517 g/mol. The Morgan fingerprint density at radius 3 is 2.03 bits per heavy atom. The summed E-state index contributed by atoms with van der Waals surface area (Å²) in [6.45, 7) is 5.61. The number of amides is 3. The molecule has 0 saturated carbocycles. The fourth-order valence-corrected chi connectivity index (χ4v) is 3.61. The molecule has 38 heavy (non-hydrogen) atoms. The molecule has 0 fully saturated rings. The van der Waals surface area contributed by atoms with Crippen LogP contribution in [0.4, 0.5) is 11.4 Å². The van der Waals surface area contributed by atoms with Crippen molar-refractivity contribution in [1.29, 1.82) is 0 Å². The fraction of sp³-hybridized carbons (Fsp3) is 0.241. The van der Waals surface area contributed by atoms with Crippen molar-refractivity contribution in [3.8, 4) is 5.75 Å². The van der Waals surface area contributed by atoms with E-state index in [2.05, 4.69) is 16.0 Å². The van der Waals surface area contributed by atoms with Gasteiger partial charge in [-0.1, -0.05) is 26.0 Å². The molecule has 3 aromatic rings. The summed E-state index contributed by atoms with van der Waals surface area (Å²) in [6, 6.07) is 18.6. The Kier molecular flexibility index (Phi) is 9.59. The summed E-state index contributed by atoms with van der Waals surface area (Å²) in [5.74, 6) is -1.39. The van der Waals surface area contributed by atoms with Crippen LogP contribution in [0.2, 0.25) is 0 Å². The van der Waals surface area contributed by atoms with Crippen molar-refractivity contribution in [2.24, 2.45) is 5.92 Å². The van der Waals surface area contributed by atoms with Crippen LogP contribution in [0.1, 0.15) is 51.8 Å². The van der Waals surface area contributed by atoms with Crippen LogP contribution < -0.4 is 20.7 Å². The summed E-state index contributed by atoms with van der Waals surface area (Å²) in [7, 11) is 1.54. The molecule has 0 bridgehead atoms. The number of esters is 1. The van der Waals surface area contributed by atoms with Gasteiger partial charge in [-0.15, -0.1) is 0 Å². The van der Waals surface area contributed by atoms with Gasteiger partial charge in [0.1, 0.15) is 11.8 Å². The van der Waals surface area contributed by atoms with E-state index in [1.54, 1.807) is 79.7 Å². The molecule has 3 N–H and O–H groups in total. The van der Waals surface area contributed by atoms with Gasteiger partial charge in [-0.25, -0.2) is 4.79 Å². The van der Waals surface area contributed by atoms with E-state index in [9.17, 15) is 19.2 Å². The third kappa shape index (κ3) is 7.19. The molecule has 0 aliphatic heterocycles. The predicted octanol–water partition coefficient (Wildman–Crippen LogP) is 4.52. The molecule has 0 aliphatic rings. The van der Waals surface area contributed by atoms with Crippen molar-refractivity contribution in [2.45, 2.75) is 26.8 Å². The van der Waals surface area contributed by atoms with Crippen molar-refractivity contribution in [3.05, 3.63) is 89.5 Å². The molecule has 0 radical (unpaired) electrons. The molecular weight excluding hydrogens is 486 g/mol. The van der Waals surface area contributed by atoms with Gasteiger partial charge in [0.15, 0.2) is 0 Å². The number of hydrogen-bond donors (Lipinski definition) is 3. The van der Waals surface area contributed by atoms with Crippen LogP contribution in [0.25, 0.3) is 0 Å². The lowest BCUT2D eigenvalue weighted by Crippen LogP contribution is -2.47. The SMILES string of the molecule is CCOC(=O)c1ccc(NC(=O)C(NC(=O)c2ccccc2NC(=O)c2ccc(OC)cc2)C(C)C)cc1. The van der Waals surface area contributed by atoms with Crippen molar-refractivity contribution < 1.29 is 28.7 Å². The average molecular weight is 518 g/mol. The minimum absolute atomic E-state index is 0.214. The molecule has 3 rings (SSSR count). The van der Waals surface area contributed by atoms with Crippen molar-refractivity contribution in [1.82, 2.24) is 5.32 Å². The molecule has 0 aromatic heterocycles. The highest BCUT2D eigenvalue weighted by Gasteiger charge is 2.26. The number of anilines is 2. The summed E-state index contributed by atoms with van der Waals surface area (Å²) < 4.78 is 10.1. The first kappa shape index (κ1) is 27.9. The van der Waals surface area contributed by atoms with Gasteiger partial charge in [0.2, 0.25) is 5.91 Å². The highest BCUT2D eigenvalue weighted by Crippen LogP contribution is 2.19. The maximum Gasteiger partial charge on any atom is 0.338 e. The Morgan fingerprint density at radius 2 is 1.42 bits per heavy atom. The second-order valence-corrected chi connectivity index (χ2v) is 8.71. The molecule has 1 unspecified atom stereocenters. The Morgan fingerprint density at radius 1 is 0.789 bits per heavy atom. The first-order chi connectivity index (χ1) is 18.2. The number of nitrogens with one attached hydrogen (secondary N) is 3. The van der Waals surface area contributed by atoms with E-state index in [1.807, 2.05) is 13.8 Å². The summed E-state index contributed by atoms with van der Waals surface area (Å²) in [4.78, 5) is 50.9. The molecular formula is C29H31N3O6. The number of benzene rings is 3. The molecule has 0 aliphatic carbocycles. The number of para-hydroxylation sites is 1. The van der Waals surface area contributed by atoms with Crippen LogP contribution >= 0.6 is 0 Å². The number of ether oxygens (including phenoxy) is 2. The summed E-state index contributed by atoms with van der Waals surface area (Å²) in [5, 5.41) is 8.31. The normalized spacial score (nSPS) is 11.3. The lowest BCUT2D eigenvalue weighted by atomic mass is 10.0. The van der Waals surface area contributed by atoms with Gasteiger partial charge in [-0.2, -0.15) is 0 Å². The second-order valence-electron chi connectivity index (χ2n) is 8.71. The minimum atomic E-state index is -0.863. The van der Waals surface area contributed by atoms with Gasteiger partial charge >= 0.3 is 5.97 Å². The minimum Gasteiger partial charge on any atom is -0.497 e. The van der Waals surface area contributed by atoms with Crippen molar-refractivity contribution in [3.63, 3.8) is 0 Å². The topological polar surface area (TPSA) is 123 Å². The van der Waals surface area contributed by atoms with Crippen LogP contribution in [0.3, 0.4) is 0 Å².